The summed E-state index contributed by atoms with van der Waals surface area (Å²) in [6, 6.07) is 7.61. The molecule has 1 aliphatic heterocycles. The van der Waals surface area contributed by atoms with E-state index in [4.69, 9.17) is 16.3 Å². The zero-order valence-corrected chi connectivity index (χ0v) is 13.6. The van der Waals surface area contributed by atoms with Crippen molar-refractivity contribution in [2.24, 2.45) is 0 Å². The number of nitrogens with zero attached hydrogens (tertiary/aromatic N) is 3. The molecule has 5 nitrogen and oxygen atoms in total. The van der Waals surface area contributed by atoms with Gasteiger partial charge in [-0.25, -0.2) is 0 Å². The summed E-state index contributed by atoms with van der Waals surface area (Å²) in [6.07, 6.45) is 3.41. The first-order chi connectivity index (χ1) is 10.3. The first-order valence-corrected chi connectivity index (χ1v) is 7.34. The predicted octanol–water partition coefficient (Wildman–Crippen LogP) is 2.54. The molecular weight excluding hydrogens is 323 g/mol. The van der Waals surface area contributed by atoms with Crippen molar-refractivity contribution < 1.29 is 4.74 Å². The van der Waals surface area contributed by atoms with Gasteiger partial charge >= 0.3 is 0 Å². The molecule has 22 heavy (non-hydrogen) atoms. The van der Waals surface area contributed by atoms with Crippen LogP contribution in [0.5, 0.6) is 5.88 Å². The minimum absolute atomic E-state index is 0. The predicted molar refractivity (Wildman–Crippen MR) is 90.1 cm³/mol. The fraction of sp³-hybridized carbons (Fsp3) is 0.333. The minimum atomic E-state index is 0. The summed E-state index contributed by atoms with van der Waals surface area (Å²) in [7, 11) is 0. The molecule has 0 unspecified atom stereocenters. The van der Waals surface area contributed by atoms with E-state index < -0.39 is 0 Å². The highest BCUT2D eigenvalue weighted by Gasteiger charge is 2.12. The van der Waals surface area contributed by atoms with E-state index in [1.165, 1.54) is 0 Å². The number of anilines is 1. The molecule has 2 heterocycles. The number of ether oxygens (including phenoxy) is 1. The Labute approximate surface area is 141 Å². The third-order valence-corrected chi connectivity index (χ3v) is 3.55. The van der Waals surface area contributed by atoms with Crippen LogP contribution < -0.4 is 15.0 Å². The van der Waals surface area contributed by atoms with Crippen molar-refractivity contribution in [3.8, 4) is 5.88 Å². The van der Waals surface area contributed by atoms with Gasteiger partial charge < -0.3 is 15.0 Å². The standard InChI is InChI=1S/C15H17ClN4O.ClH/c16-13-3-1-2-12(8-13)11-21-15-10-18-9-14(19-15)20-6-4-17-5-7-20;/h1-3,8-10,17H,4-7,11H2;1H. The van der Waals surface area contributed by atoms with Crippen LogP contribution in [0.25, 0.3) is 0 Å². The number of rotatable bonds is 4. The highest BCUT2D eigenvalue weighted by atomic mass is 35.5. The van der Waals surface area contributed by atoms with E-state index in [-0.39, 0.29) is 12.4 Å². The average Bonchev–Trinajstić information content (AvgIpc) is 2.54. The van der Waals surface area contributed by atoms with Gasteiger partial charge in [0.1, 0.15) is 6.61 Å². The summed E-state index contributed by atoms with van der Waals surface area (Å²) in [6.45, 7) is 4.24. The monoisotopic (exact) mass is 340 g/mol. The van der Waals surface area contributed by atoms with Crippen LogP contribution in [0, 0.1) is 0 Å². The number of piperazine rings is 1. The summed E-state index contributed by atoms with van der Waals surface area (Å²) >= 11 is 5.96. The summed E-state index contributed by atoms with van der Waals surface area (Å²) in [4.78, 5) is 10.9. The fourth-order valence-corrected chi connectivity index (χ4v) is 2.45. The SMILES string of the molecule is Cl.Clc1cccc(COc2cncc(N3CCNCC3)n2)c1. The second-order valence-corrected chi connectivity index (χ2v) is 5.31. The first kappa shape index (κ1) is 16.8. The summed E-state index contributed by atoms with van der Waals surface area (Å²) in [5, 5.41) is 4.02. The van der Waals surface area contributed by atoms with Gasteiger partial charge in [-0.1, -0.05) is 23.7 Å². The molecule has 0 saturated carbocycles. The maximum Gasteiger partial charge on any atom is 0.234 e. The van der Waals surface area contributed by atoms with E-state index in [2.05, 4.69) is 20.2 Å². The van der Waals surface area contributed by atoms with E-state index >= 15 is 0 Å². The maximum atomic E-state index is 5.96. The van der Waals surface area contributed by atoms with Gasteiger partial charge in [-0.2, -0.15) is 4.98 Å². The smallest absolute Gasteiger partial charge is 0.234 e. The highest BCUT2D eigenvalue weighted by molar-refractivity contribution is 6.30. The Balaban J connectivity index is 0.00000176. The molecule has 1 saturated heterocycles. The van der Waals surface area contributed by atoms with Gasteiger partial charge in [0.15, 0.2) is 5.82 Å². The molecule has 118 valence electrons. The van der Waals surface area contributed by atoms with E-state index in [1.807, 2.05) is 24.3 Å². The molecule has 1 aromatic carbocycles. The number of hydrogen-bond acceptors (Lipinski definition) is 5. The Morgan fingerprint density at radius 2 is 2.05 bits per heavy atom. The molecule has 2 aromatic rings. The van der Waals surface area contributed by atoms with E-state index in [0.29, 0.717) is 17.5 Å². The molecule has 1 N–H and O–H groups in total. The lowest BCUT2D eigenvalue weighted by Crippen LogP contribution is -2.43. The summed E-state index contributed by atoms with van der Waals surface area (Å²) < 4.78 is 5.70. The molecule has 0 aliphatic carbocycles. The molecule has 0 spiro atoms. The van der Waals surface area contributed by atoms with Gasteiger partial charge in [0.2, 0.25) is 5.88 Å². The van der Waals surface area contributed by atoms with E-state index in [1.54, 1.807) is 12.4 Å². The van der Waals surface area contributed by atoms with Gasteiger partial charge in [-0.05, 0) is 17.7 Å². The third kappa shape index (κ3) is 4.47. The van der Waals surface area contributed by atoms with Crippen molar-refractivity contribution >= 4 is 29.8 Å². The number of aromatic nitrogens is 2. The lowest BCUT2D eigenvalue weighted by molar-refractivity contribution is 0.292. The van der Waals surface area contributed by atoms with Gasteiger partial charge in [0, 0.05) is 31.2 Å². The summed E-state index contributed by atoms with van der Waals surface area (Å²) in [5.41, 5.74) is 1.01. The average molecular weight is 341 g/mol. The third-order valence-electron chi connectivity index (χ3n) is 3.32. The zero-order chi connectivity index (χ0) is 14.5. The molecule has 1 aromatic heterocycles. The fourth-order valence-electron chi connectivity index (χ4n) is 2.24. The first-order valence-electron chi connectivity index (χ1n) is 6.96. The van der Waals surface area contributed by atoms with Crippen LogP contribution >= 0.6 is 24.0 Å². The normalized spacial score (nSPS) is 14.3. The number of benzene rings is 1. The zero-order valence-electron chi connectivity index (χ0n) is 12.0. The van der Waals surface area contributed by atoms with Gasteiger partial charge in [0.05, 0.1) is 12.4 Å². The van der Waals surface area contributed by atoms with Crippen molar-refractivity contribution in [2.45, 2.75) is 6.61 Å². The van der Waals surface area contributed by atoms with E-state index in [9.17, 15) is 0 Å². The van der Waals surface area contributed by atoms with Crippen LogP contribution in [0.1, 0.15) is 5.56 Å². The van der Waals surface area contributed by atoms with Gasteiger partial charge in [-0.15, -0.1) is 12.4 Å². The van der Waals surface area contributed by atoms with Crippen molar-refractivity contribution in [3.63, 3.8) is 0 Å². The topological polar surface area (TPSA) is 50.3 Å². The lowest BCUT2D eigenvalue weighted by atomic mass is 10.2. The Hall–Kier alpha value is -1.56. The number of halogens is 2. The van der Waals surface area contributed by atoms with Crippen molar-refractivity contribution in [2.75, 3.05) is 31.1 Å². The maximum absolute atomic E-state index is 5.96. The quantitative estimate of drug-likeness (QED) is 0.926. The second kappa shape index (κ2) is 8.17. The van der Waals surface area contributed by atoms with Crippen molar-refractivity contribution in [3.05, 3.63) is 47.2 Å². The Morgan fingerprint density at radius 3 is 2.82 bits per heavy atom. The van der Waals surface area contributed by atoms with E-state index in [0.717, 1.165) is 37.6 Å². The molecule has 3 rings (SSSR count). The molecule has 0 radical (unpaired) electrons. The largest absolute Gasteiger partial charge is 0.472 e. The Kier molecular flexibility index (Phi) is 6.24. The molecular formula is C15H18Cl2N4O. The van der Waals surface area contributed by atoms with Gasteiger partial charge in [-0.3, -0.25) is 4.98 Å². The lowest BCUT2D eigenvalue weighted by Gasteiger charge is -2.28. The molecule has 1 fully saturated rings. The molecule has 7 heteroatoms. The van der Waals surface area contributed by atoms with Crippen LogP contribution in [0.4, 0.5) is 5.82 Å². The number of nitrogens with one attached hydrogen (secondary N) is 1. The summed E-state index contributed by atoms with van der Waals surface area (Å²) in [5.74, 6) is 1.39. The Bertz CT molecular complexity index is 606. The van der Waals surface area contributed by atoms with Crippen molar-refractivity contribution in [1.82, 2.24) is 15.3 Å². The van der Waals surface area contributed by atoms with Crippen LogP contribution in [0.3, 0.4) is 0 Å². The Morgan fingerprint density at radius 1 is 1.23 bits per heavy atom. The van der Waals surface area contributed by atoms with Crippen molar-refractivity contribution in [1.29, 1.82) is 0 Å². The second-order valence-electron chi connectivity index (χ2n) is 4.87. The molecule has 1 aliphatic rings. The number of hydrogen-bond donors (Lipinski definition) is 1. The van der Waals surface area contributed by atoms with Gasteiger partial charge in [0.25, 0.3) is 0 Å². The molecule has 0 bridgehead atoms. The van der Waals surface area contributed by atoms with Crippen LogP contribution in [-0.4, -0.2) is 36.1 Å². The van der Waals surface area contributed by atoms with Crippen LogP contribution in [-0.2, 0) is 6.61 Å². The molecule has 0 amide bonds. The van der Waals surface area contributed by atoms with Crippen LogP contribution in [0.2, 0.25) is 5.02 Å². The van der Waals surface area contributed by atoms with Crippen LogP contribution in [0.15, 0.2) is 36.7 Å². The highest BCUT2D eigenvalue weighted by Crippen LogP contribution is 2.16. The minimum Gasteiger partial charge on any atom is -0.472 e. The molecule has 0 atom stereocenters.